The molecular weight excluding hydrogens is 176 g/mol. The fourth-order valence-corrected chi connectivity index (χ4v) is 1.56. The van der Waals surface area contributed by atoms with Crippen LogP contribution in [0, 0.1) is 0 Å². The molecule has 1 aromatic rings. The van der Waals surface area contributed by atoms with E-state index in [-0.39, 0.29) is 6.10 Å². The summed E-state index contributed by atoms with van der Waals surface area (Å²) in [6, 6.07) is 8.00. The zero-order valence-electron chi connectivity index (χ0n) is 8.27. The van der Waals surface area contributed by atoms with Crippen LogP contribution in [0.5, 0.6) is 5.75 Å². The summed E-state index contributed by atoms with van der Waals surface area (Å²) in [5.41, 5.74) is 1.15. The molecule has 0 saturated heterocycles. The Morgan fingerprint density at radius 1 is 1.43 bits per heavy atom. The molecule has 1 aromatic carbocycles. The zero-order chi connectivity index (χ0) is 9.80. The Balaban J connectivity index is 2.22. The van der Waals surface area contributed by atoms with Crippen LogP contribution >= 0.6 is 0 Å². The molecule has 0 saturated carbocycles. The van der Waals surface area contributed by atoms with Gasteiger partial charge < -0.3 is 9.47 Å². The van der Waals surface area contributed by atoms with Gasteiger partial charge in [0.05, 0.1) is 13.7 Å². The third-order valence-corrected chi connectivity index (χ3v) is 2.32. The first-order chi connectivity index (χ1) is 6.90. The number of ether oxygens (including phenoxy) is 2. The van der Waals surface area contributed by atoms with Crippen LogP contribution in [-0.2, 0) is 4.74 Å². The Morgan fingerprint density at radius 3 is 3.07 bits per heavy atom. The Kier molecular flexibility index (Phi) is 2.84. The van der Waals surface area contributed by atoms with Crippen molar-refractivity contribution in [3.8, 4) is 5.75 Å². The molecule has 0 aliphatic carbocycles. The maximum atomic E-state index is 5.62. The topological polar surface area (TPSA) is 18.5 Å². The molecule has 1 aliphatic heterocycles. The lowest BCUT2D eigenvalue weighted by Crippen LogP contribution is -2.06. The van der Waals surface area contributed by atoms with E-state index in [0.29, 0.717) is 0 Å². The second-order valence-corrected chi connectivity index (χ2v) is 3.28. The second kappa shape index (κ2) is 4.29. The first-order valence-electron chi connectivity index (χ1n) is 4.82. The largest absolute Gasteiger partial charge is 0.497 e. The molecule has 0 spiro atoms. The van der Waals surface area contributed by atoms with Crippen molar-refractivity contribution in [1.82, 2.24) is 0 Å². The first kappa shape index (κ1) is 9.28. The minimum atomic E-state index is 0.0962. The molecule has 0 fully saturated rings. The Hall–Kier alpha value is -1.28. The van der Waals surface area contributed by atoms with Gasteiger partial charge in [0, 0.05) is 0 Å². The summed E-state index contributed by atoms with van der Waals surface area (Å²) in [5.74, 6) is 0.880. The van der Waals surface area contributed by atoms with Crippen molar-refractivity contribution in [3.63, 3.8) is 0 Å². The zero-order valence-corrected chi connectivity index (χ0v) is 8.27. The van der Waals surface area contributed by atoms with E-state index in [9.17, 15) is 0 Å². The molecule has 1 atom stereocenters. The van der Waals surface area contributed by atoms with E-state index in [1.165, 1.54) is 0 Å². The number of benzene rings is 1. The molecule has 0 N–H and O–H groups in total. The molecule has 14 heavy (non-hydrogen) atoms. The van der Waals surface area contributed by atoms with Gasteiger partial charge in [0.2, 0.25) is 0 Å². The summed E-state index contributed by atoms with van der Waals surface area (Å²) in [6.07, 6.45) is 5.37. The van der Waals surface area contributed by atoms with Gasteiger partial charge in [-0.05, 0) is 24.1 Å². The molecule has 0 amide bonds. The van der Waals surface area contributed by atoms with E-state index < -0.39 is 0 Å². The average molecular weight is 190 g/mol. The lowest BCUT2D eigenvalue weighted by molar-refractivity contribution is 0.0799. The molecule has 2 rings (SSSR count). The van der Waals surface area contributed by atoms with E-state index >= 15 is 0 Å². The quantitative estimate of drug-likeness (QED) is 0.667. The Labute approximate surface area is 84.2 Å². The van der Waals surface area contributed by atoms with Crippen molar-refractivity contribution >= 4 is 0 Å². The van der Waals surface area contributed by atoms with Gasteiger partial charge in [0.25, 0.3) is 0 Å². The Bertz CT molecular complexity index is 331. The van der Waals surface area contributed by atoms with Crippen LogP contribution in [0.25, 0.3) is 0 Å². The first-order valence-corrected chi connectivity index (χ1v) is 4.82. The van der Waals surface area contributed by atoms with Crippen molar-refractivity contribution in [2.45, 2.75) is 12.5 Å². The van der Waals surface area contributed by atoms with Crippen molar-refractivity contribution < 1.29 is 9.47 Å². The molecular formula is C12H14O2. The highest BCUT2D eigenvalue weighted by molar-refractivity contribution is 5.31. The monoisotopic (exact) mass is 190 g/mol. The molecule has 0 bridgehead atoms. The summed E-state index contributed by atoms with van der Waals surface area (Å²) in [4.78, 5) is 0. The SMILES string of the molecule is COc1cccc(C2C=CCCO2)c1. The molecule has 0 radical (unpaired) electrons. The maximum Gasteiger partial charge on any atom is 0.119 e. The van der Waals surface area contributed by atoms with Gasteiger partial charge in [-0.2, -0.15) is 0 Å². The van der Waals surface area contributed by atoms with E-state index in [1.807, 2.05) is 18.2 Å². The van der Waals surface area contributed by atoms with Crippen molar-refractivity contribution in [3.05, 3.63) is 42.0 Å². The summed E-state index contributed by atoms with van der Waals surface area (Å²) in [5, 5.41) is 0. The van der Waals surface area contributed by atoms with Crippen molar-refractivity contribution in [2.75, 3.05) is 13.7 Å². The smallest absolute Gasteiger partial charge is 0.119 e. The number of hydrogen-bond acceptors (Lipinski definition) is 2. The molecule has 1 heterocycles. The van der Waals surface area contributed by atoms with Crippen molar-refractivity contribution in [1.29, 1.82) is 0 Å². The van der Waals surface area contributed by atoms with Crippen LogP contribution in [0.15, 0.2) is 36.4 Å². The predicted molar refractivity (Wildman–Crippen MR) is 55.4 cm³/mol. The van der Waals surface area contributed by atoms with E-state index in [4.69, 9.17) is 9.47 Å². The van der Waals surface area contributed by atoms with Crippen LogP contribution in [0.3, 0.4) is 0 Å². The van der Waals surface area contributed by atoms with E-state index in [2.05, 4.69) is 18.2 Å². The number of rotatable bonds is 2. The minimum absolute atomic E-state index is 0.0962. The summed E-state index contributed by atoms with van der Waals surface area (Å²) in [6.45, 7) is 0.804. The standard InChI is InChI=1S/C12H14O2/c1-13-11-6-4-5-10(9-11)12-7-2-3-8-14-12/h2,4-7,9,12H,3,8H2,1H3. The normalized spacial score (nSPS) is 20.8. The molecule has 74 valence electrons. The van der Waals surface area contributed by atoms with Gasteiger partial charge >= 0.3 is 0 Å². The van der Waals surface area contributed by atoms with Gasteiger partial charge in [0.1, 0.15) is 11.9 Å². The van der Waals surface area contributed by atoms with Gasteiger partial charge in [-0.15, -0.1) is 0 Å². The minimum Gasteiger partial charge on any atom is -0.497 e. The molecule has 2 heteroatoms. The highest BCUT2D eigenvalue weighted by Crippen LogP contribution is 2.25. The van der Waals surface area contributed by atoms with Gasteiger partial charge in [-0.25, -0.2) is 0 Å². The van der Waals surface area contributed by atoms with Gasteiger partial charge in [-0.3, -0.25) is 0 Å². The van der Waals surface area contributed by atoms with Crippen LogP contribution < -0.4 is 4.74 Å². The molecule has 1 aliphatic rings. The summed E-state index contributed by atoms with van der Waals surface area (Å²) in [7, 11) is 1.68. The highest BCUT2D eigenvalue weighted by Gasteiger charge is 2.11. The number of hydrogen-bond donors (Lipinski definition) is 0. The summed E-state index contributed by atoms with van der Waals surface area (Å²) < 4.78 is 10.8. The lowest BCUT2D eigenvalue weighted by Gasteiger charge is -2.18. The third-order valence-electron chi connectivity index (χ3n) is 2.32. The van der Waals surface area contributed by atoms with E-state index in [0.717, 1.165) is 24.3 Å². The van der Waals surface area contributed by atoms with Crippen molar-refractivity contribution in [2.24, 2.45) is 0 Å². The van der Waals surface area contributed by atoms with Crippen LogP contribution in [0.4, 0.5) is 0 Å². The third kappa shape index (κ3) is 1.96. The van der Waals surface area contributed by atoms with Gasteiger partial charge in [-0.1, -0.05) is 24.3 Å². The van der Waals surface area contributed by atoms with E-state index in [1.54, 1.807) is 7.11 Å². The predicted octanol–water partition coefficient (Wildman–Crippen LogP) is 2.71. The van der Waals surface area contributed by atoms with Gasteiger partial charge in [0.15, 0.2) is 0 Å². The Morgan fingerprint density at radius 2 is 2.36 bits per heavy atom. The maximum absolute atomic E-state index is 5.62. The molecule has 2 nitrogen and oxygen atoms in total. The molecule has 1 unspecified atom stereocenters. The van der Waals surface area contributed by atoms with Crippen LogP contribution in [-0.4, -0.2) is 13.7 Å². The van der Waals surface area contributed by atoms with Crippen LogP contribution in [0.1, 0.15) is 18.1 Å². The number of methoxy groups -OCH3 is 1. The highest BCUT2D eigenvalue weighted by atomic mass is 16.5. The molecule has 0 aromatic heterocycles. The second-order valence-electron chi connectivity index (χ2n) is 3.28. The van der Waals surface area contributed by atoms with Crippen LogP contribution in [0.2, 0.25) is 0 Å². The summed E-state index contributed by atoms with van der Waals surface area (Å²) >= 11 is 0. The fourth-order valence-electron chi connectivity index (χ4n) is 1.56. The lowest BCUT2D eigenvalue weighted by atomic mass is 10.1. The fraction of sp³-hybridized carbons (Fsp3) is 0.333. The average Bonchev–Trinajstić information content (AvgIpc) is 2.30.